The second-order valence-electron chi connectivity index (χ2n) is 18.2. The first-order chi connectivity index (χ1) is 34.3. The number of hydrogen-bond donors (Lipinski definition) is 0. The first-order valence-electron chi connectivity index (χ1n) is 24.0. The van der Waals surface area contributed by atoms with Crippen LogP contribution in [-0.4, -0.2) is 4.57 Å². The molecule has 0 bridgehead atoms. The Balaban J connectivity index is 1.11. The Hall–Kier alpha value is -8.90. The number of aromatic nitrogens is 1. The molecule has 1 aromatic heterocycles. The molecule has 324 valence electrons. The number of fused-ring (bicyclic) bond motifs is 6. The average Bonchev–Trinajstić information content (AvgIpc) is 3.94. The Bertz CT molecular complexity index is 3630. The topological polar surface area (TPSA) is 8.17 Å². The molecule has 2 atom stereocenters. The van der Waals surface area contributed by atoms with Gasteiger partial charge in [0.25, 0.3) is 0 Å². The third-order valence-corrected chi connectivity index (χ3v) is 14.5. The molecule has 2 nitrogen and oxygen atoms in total. The van der Waals surface area contributed by atoms with Crippen LogP contribution in [0.15, 0.2) is 261 Å². The Morgan fingerprint density at radius 1 is 0.478 bits per heavy atom. The molecule has 0 spiro atoms. The minimum atomic E-state index is -0.608. The van der Waals surface area contributed by atoms with Crippen LogP contribution in [0.3, 0.4) is 0 Å². The molecule has 0 N–H and O–H groups in total. The number of anilines is 3. The van der Waals surface area contributed by atoms with Crippen molar-refractivity contribution in [1.29, 1.82) is 0 Å². The van der Waals surface area contributed by atoms with E-state index in [0.717, 1.165) is 34.7 Å². The van der Waals surface area contributed by atoms with Crippen LogP contribution in [-0.2, 0) is 5.41 Å². The maximum Gasteiger partial charge on any atom is 0.0615 e. The SMILES string of the molecule is c1cccc(C2(C3C=CC=CC3)c3ccccc3-c3c(N(c4ccc(-c5ccccc5)cc4)c4ccc(-c5ccccc5)cc4)ccc(-c4ccc5c(c4)c4ccccc4n5-c4ccccc4)c32)c#1. The predicted molar refractivity (Wildman–Crippen MR) is 288 cm³/mol. The number of para-hydroxylation sites is 2. The van der Waals surface area contributed by atoms with E-state index in [2.05, 4.69) is 276 Å². The number of rotatable bonds is 9. The van der Waals surface area contributed by atoms with Crippen molar-refractivity contribution in [2.24, 2.45) is 5.92 Å². The van der Waals surface area contributed by atoms with E-state index in [0.29, 0.717) is 0 Å². The number of benzene rings is 9. The number of allylic oxidation sites excluding steroid dienone is 4. The fourth-order valence-corrected chi connectivity index (χ4v) is 11.5. The highest BCUT2D eigenvalue weighted by Gasteiger charge is 2.52. The summed E-state index contributed by atoms with van der Waals surface area (Å²) in [6.45, 7) is 0. The first-order valence-corrected chi connectivity index (χ1v) is 24.0. The van der Waals surface area contributed by atoms with Crippen molar-refractivity contribution in [3.05, 3.63) is 290 Å². The highest BCUT2D eigenvalue weighted by atomic mass is 15.1. The highest BCUT2D eigenvalue weighted by molar-refractivity contribution is 6.11. The largest absolute Gasteiger partial charge is 0.310 e. The van der Waals surface area contributed by atoms with E-state index in [1.54, 1.807) is 0 Å². The number of nitrogens with zero attached hydrogens (tertiary/aromatic N) is 2. The quantitative estimate of drug-likeness (QED) is 0.140. The van der Waals surface area contributed by atoms with Gasteiger partial charge in [-0.25, -0.2) is 0 Å². The van der Waals surface area contributed by atoms with Crippen molar-refractivity contribution in [2.45, 2.75) is 11.8 Å². The summed E-state index contributed by atoms with van der Waals surface area (Å²) >= 11 is 0. The van der Waals surface area contributed by atoms with Crippen molar-refractivity contribution in [1.82, 2.24) is 4.57 Å². The molecule has 0 amide bonds. The van der Waals surface area contributed by atoms with Crippen LogP contribution >= 0.6 is 0 Å². The highest BCUT2D eigenvalue weighted by Crippen LogP contribution is 2.63. The molecular weight excluding hydrogens is 833 g/mol. The second kappa shape index (κ2) is 16.8. The molecule has 0 saturated heterocycles. The zero-order valence-electron chi connectivity index (χ0n) is 38.0. The summed E-state index contributed by atoms with van der Waals surface area (Å²) in [5.41, 5.74) is 19.5. The number of hydrogen-bond acceptors (Lipinski definition) is 1. The lowest BCUT2D eigenvalue weighted by atomic mass is 9.61. The standard InChI is InChI=1S/C67H46N2/c1-6-20-47(21-7-1)49-34-39-55(40-35-49)68(56-41-36-50(37-42-56)48-22-8-2-9-23-48)64-45-43-57(51-38-44-63-60(46-51)58-30-17-19-33-62(58)69(63)54-28-14-5-15-29-54)66-65(64)59-31-16-18-32-61(59)67(66,52-24-10-3-11-25-52)53-26-12-4-13-27-53/h1-12,14-24,26,28-46,52H,25H2. The van der Waals surface area contributed by atoms with Gasteiger partial charge in [-0.1, -0.05) is 200 Å². The van der Waals surface area contributed by atoms with Crippen molar-refractivity contribution in [2.75, 3.05) is 4.90 Å². The third-order valence-electron chi connectivity index (χ3n) is 14.5. The summed E-state index contributed by atoms with van der Waals surface area (Å²) in [5.74, 6) is 0.0958. The Morgan fingerprint density at radius 2 is 1.09 bits per heavy atom. The Labute approximate surface area is 404 Å². The maximum absolute atomic E-state index is 3.74. The lowest BCUT2D eigenvalue weighted by Gasteiger charge is -2.40. The molecular formula is C67H46N2. The van der Waals surface area contributed by atoms with Crippen LogP contribution in [0.5, 0.6) is 0 Å². The summed E-state index contributed by atoms with van der Waals surface area (Å²) in [6, 6.07) is 93.7. The minimum Gasteiger partial charge on any atom is -0.310 e. The molecule has 0 aliphatic heterocycles. The average molecular weight is 879 g/mol. The Morgan fingerprint density at radius 3 is 1.75 bits per heavy atom. The lowest BCUT2D eigenvalue weighted by Crippen LogP contribution is -2.36. The van der Waals surface area contributed by atoms with E-state index in [9.17, 15) is 0 Å². The molecule has 0 saturated carbocycles. The molecule has 10 aromatic carbocycles. The summed E-state index contributed by atoms with van der Waals surface area (Å²) in [5, 5.41) is 2.46. The van der Waals surface area contributed by atoms with Gasteiger partial charge in [0.2, 0.25) is 0 Å². The molecule has 69 heavy (non-hydrogen) atoms. The molecule has 13 rings (SSSR count). The van der Waals surface area contributed by atoms with Gasteiger partial charge in [0, 0.05) is 39.0 Å². The van der Waals surface area contributed by atoms with Gasteiger partial charge < -0.3 is 9.47 Å². The molecule has 11 aromatic rings. The predicted octanol–water partition coefficient (Wildman–Crippen LogP) is 17.3. The maximum atomic E-state index is 3.74. The first kappa shape index (κ1) is 40.4. The van der Waals surface area contributed by atoms with E-state index in [-0.39, 0.29) is 5.92 Å². The smallest absolute Gasteiger partial charge is 0.0615 e. The molecule has 2 aliphatic carbocycles. The van der Waals surface area contributed by atoms with Crippen molar-refractivity contribution in [3.8, 4) is 50.2 Å². The molecule has 2 aliphatic rings. The Kier molecular flexibility index (Phi) is 9.81. The summed E-state index contributed by atoms with van der Waals surface area (Å²) in [6.07, 6.45) is 10.1. The van der Waals surface area contributed by atoms with Gasteiger partial charge >= 0.3 is 0 Å². The van der Waals surface area contributed by atoms with Crippen LogP contribution in [0.1, 0.15) is 23.1 Å². The molecule has 2 unspecified atom stereocenters. The van der Waals surface area contributed by atoms with Gasteiger partial charge in [-0.2, -0.15) is 0 Å². The van der Waals surface area contributed by atoms with Crippen LogP contribution < -0.4 is 4.90 Å². The van der Waals surface area contributed by atoms with Crippen LogP contribution in [0.2, 0.25) is 0 Å². The summed E-state index contributed by atoms with van der Waals surface area (Å²) in [4.78, 5) is 2.48. The second-order valence-corrected chi connectivity index (χ2v) is 18.2. The molecule has 1 heterocycles. The zero-order valence-corrected chi connectivity index (χ0v) is 38.0. The van der Waals surface area contributed by atoms with E-state index in [4.69, 9.17) is 0 Å². The van der Waals surface area contributed by atoms with Crippen molar-refractivity contribution >= 4 is 38.9 Å². The van der Waals surface area contributed by atoms with E-state index >= 15 is 0 Å². The lowest BCUT2D eigenvalue weighted by molar-refractivity contribution is 0.458. The van der Waals surface area contributed by atoms with Crippen molar-refractivity contribution < 1.29 is 0 Å². The normalized spacial score (nSPS) is 15.7. The molecule has 0 radical (unpaired) electrons. The van der Waals surface area contributed by atoms with Crippen LogP contribution in [0.25, 0.3) is 72.0 Å². The molecule has 2 heteroatoms. The summed E-state index contributed by atoms with van der Waals surface area (Å²) < 4.78 is 2.40. The van der Waals surface area contributed by atoms with Gasteiger partial charge in [0.1, 0.15) is 0 Å². The van der Waals surface area contributed by atoms with E-state index in [1.807, 2.05) is 6.07 Å². The van der Waals surface area contributed by atoms with Crippen molar-refractivity contribution in [3.63, 3.8) is 0 Å². The van der Waals surface area contributed by atoms with Gasteiger partial charge in [-0.3, -0.25) is 0 Å². The summed E-state index contributed by atoms with van der Waals surface area (Å²) in [7, 11) is 0. The van der Waals surface area contributed by atoms with Gasteiger partial charge in [0.15, 0.2) is 0 Å². The van der Waals surface area contributed by atoms with Gasteiger partial charge in [-0.05, 0) is 135 Å². The third kappa shape index (κ3) is 6.58. The minimum absolute atomic E-state index is 0.0958. The van der Waals surface area contributed by atoms with Crippen LogP contribution in [0.4, 0.5) is 17.1 Å². The van der Waals surface area contributed by atoms with Gasteiger partial charge in [-0.15, -0.1) is 0 Å². The van der Waals surface area contributed by atoms with Crippen LogP contribution in [0, 0.1) is 18.1 Å². The monoisotopic (exact) mass is 878 g/mol. The fourth-order valence-electron chi connectivity index (χ4n) is 11.5. The molecule has 0 fully saturated rings. The fraction of sp³-hybridized carbons (Fsp3) is 0.0448. The van der Waals surface area contributed by atoms with E-state index < -0.39 is 5.41 Å². The van der Waals surface area contributed by atoms with E-state index in [1.165, 1.54) is 77.4 Å². The zero-order chi connectivity index (χ0) is 45.7. The van der Waals surface area contributed by atoms with Gasteiger partial charge in [0.05, 0.1) is 22.1 Å².